The van der Waals surface area contributed by atoms with E-state index in [2.05, 4.69) is 94.2 Å². The van der Waals surface area contributed by atoms with Gasteiger partial charge >= 0.3 is 5.97 Å². The van der Waals surface area contributed by atoms with Gasteiger partial charge in [-0.15, -0.1) is 0 Å². The monoisotopic (exact) mass is 583 g/mol. The van der Waals surface area contributed by atoms with Crippen LogP contribution in [0.4, 0.5) is 0 Å². The summed E-state index contributed by atoms with van der Waals surface area (Å²) in [5.74, 6) is -1.06. The van der Waals surface area contributed by atoms with Crippen LogP contribution in [0.1, 0.15) is 85.9 Å². The Hall–Kier alpha value is -2.03. The molecule has 0 radical (unpaired) electrons. The zero-order valence-electron chi connectivity index (χ0n) is 27.2. The van der Waals surface area contributed by atoms with Gasteiger partial charge in [-0.3, -0.25) is 9.69 Å². The van der Waals surface area contributed by atoms with Crippen molar-refractivity contribution in [1.29, 1.82) is 0 Å². The first kappa shape index (κ1) is 33.5. The predicted molar refractivity (Wildman–Crippen MR) is 168 cm³/mol. The maximum absolute atomic E-state index is 13.5. The van der Waals surface area contributed by atoms with E-state index in [1.54, 1.807) is 0 Å². The number of hydrogen-bond acceptors (Lipinski definition) is 6. The number of ether oxygens (including phenoxy) is 3. The summed E-state index contributed by atoms with van der Waals surface area (Å²) >= 11 is 0. The molecule has 2 aromatic carbocycles. The molecule has 1 saturated heterocycles. The molecule has 1 heterocycles. The highest BCUT2D eigenvalue weighted by Gasteiger charge is 2.49. The first-order valence-electron chi connectivity index (χ1n) is 14.9. The largest absolute Gasteiger partial charge is 0.460 e. The molecule has 6 nitrogen and oxygen atoms in total. The van der Waals surface area contributed by atoms with Crippen molar-refractivity contribution in [2.75, 3.05) is 6.61 Å². The molecular formula is C34H53NO5Si. The fourth-order valence-electron chi connectivity index (χ4n) is 5.06. The van der Waals surface area contributed by atoms with Gasteiger partial charge in [0.05, 0.1) is 19.1 Å². The fraction of sp³-hybridized carbons (Fsp3) is 0.618. The quantitative estimate of drug-likeness (QED) is 0.198. The summed E-state index contributed by atoms with van der Waals surface area (Å²) in [5, 5.41) is 0.0640. The summed E-state index contributed by atoms with van der Waals surface area (Å²) < 4.78 is 25.7. The Morgan fingerprint density at radius 1 is 0.951 bits per heavy atom. The van der Waals surface area contributed by atoms with Gasteiger partial charge in [-0.25, -0.2) is 0 Å². The van der Waals surface area contributed by atoms with Crippen LogP contribution >= 0.6 is 0 Å². The van der Waals surface area contributed by atoms with Crippen LogP contribution in [0.25, 0.3) is 0 Å². The molecular weight excluding hydrogens is 530 g/mol. The lowest BCUT2D eigenvalue weighted by Gasteiger charge is -2.41. The Labute approximate surface area is 249 Å². The normalized spacial score (nSPS) is 21.1. The zero-order valence-corrected chi connectivity index (χ0v) is 28.2. The van der Waals surface area contributed by atoms with Crippen molar-refractivity contribution in [3.8, 4) is 0 Å². The van der Waals surface area contributed by atoms with E-state index in [9.17, 15) is 4.79 Å². The molecule has 0 unspecified atom stereocenters. The Bertz CT molecular complexity index is 1110. The highest BCUT2D eigenvalue weighted by molar-refractivity contribution is 6.74. The van der Waals surface area contributed by atoms with Gasteiger partial charge in [0.2, 0.25) is 0 Å². The van der Waals surface area contributed by atoms with E-state index in [-0.39, 0.29) is 35.6 Å². The van der Waals surface area contributed by atoms with Crippen LogP contribution in [0.15, 0.2) is 60.7 Å². The first-order valence-corrected chi connectivity index (χ1v) is 17.9. The summed E-state index contributed by atoms with van der Waals surface area (Å²) in [5.41, 5.74) is 1.75. The maximum atomic E-state index is 13.5. The average Bonchev–Trinajstić information content (AvgIpc) is 3.18. The molecule has 0 N–H and O–H groups in total. The predicted octanol–water partition coefficient (Wildman–Crippen LogP) is 7.89. The van der Waals surface area contributed by atoms with Gasteiger partial charge in [0.25, 0.3) is 0 Å². The summed E-state index contributed by atoms with van der Waals surface area (Å²) in [4.78, 5) is 15.9. The minimum absolute atomic E-state index is 0.00175. The van der Waals surface area contributed by atoms with Crippen molar-refractivity contribution in [2.24, 2.45) is 0 Å². The lowest BCUT2D eigenvalue weighted by Crippen LogP contribution is -2.52. The Morgan fingerprint density at radius 2 is 1.51 bits per heavy atom. The number of rotatable bonds is 11. The molecule has 1 fully saturated rings. The molecule has 1 aliphatic rings. The van der Waals surface area contributed by atoms with Gasteiger partial charge in [-0.1, -0.05) is 81.4 Å². The molecule has 41 heavy (non-hydrogen) atoms. The third-order valence-corrected chi connectivity index (χ3v) is 12.7. The van der Waals surface area contributed by atoms with E-state index in [1.807, 2.05) is 46.8 Å². The number of esters is 1. The molecule has 228 valence electrons. The number of carbonyl (C=O) groups is 1. The van der Waals surface area contributed by atoms with Gasteiger partial charge in [0, 0.05) is 12.6 Å². The van der Waals surface area contributed by atoms with Crippen molar-refractivity contribution in [3.05, 3.63) is 71.8 Å². The number of nitrogens with zero attached hydrogens (tertiary/aromatic N) is 1. The van der Waals surface area contributed by atoms with Crippen molar-refractivity contribution in [3.63, 3.8) is 0 Å². The molecule has 7 heteroatoms. The van der Waals surface area contributed by atoms with Gasteiger partial charge in [-0.05, 0) is 70.8 Å². The highest BCUT2D eigenvalue weighted by Crippen LogP contribution is 2.40. The van der Waals surface area contributed by atoms with Gasteiger partial charge in [0.15, 0.2) is 14.1 Å². The van der Waals surface area contributed by atoms with Gasteiger partial charge in [-0.2, -0.15) is 0 Å². The van der Waals surface area contributed by atoms with E-state index >= 15 is 0 Å². The number of carbonyl (C=O) groups excluding carboxylic acids is 1. The molecule has 0 aromatic heterocycles. The van der Waals surface area contributed by atoms with Crippen molar-refractivity contribution >= 4 is 14.3 Å². The van der Waals surface area contributed by atoms with Gasteiger partial charge in [0.1, 0.15) is 17.8 Å². The van der Waals surface area contributed by atoms with Crippen LogP contribution < -0.4 is 0 Å². The van der Waals surface area contributed by atoms with Crippen LogP contribution in [-0.2, 0) is 30.0 Å². The molecule has 0 spiro atoms. The zero-order chi connectivity index (χ0) is 30.6. The first-order chi connectivity index (χ1) is 18.9. The SMILES string of the molecule is C[C@H](c1ccccc1)N(Cc1ccccc1)[C@H](CC(=O)OC(C)(C)C)[C@H]1OC(C)(C)O[C@H]1CO[Si](C)(C)C(C)(C)C. The van der Waals surface area contributed by atoms with Crippen LogP contribution in [0.5, 0.6) is 0 Å². The summed E-state index contributed by atoms with van der Waals surface area (Å²) in [7, 11) is -2.05. The van der Waals surface area contributed by atoms with Gasteiger partial charge < -0.3 is 18.6 Å². The lowest BCUT2D eigenvalue weighted by molar-refractivity contribution is -0.165. The summed E-state index contributed by atoms with van der Waals surface area (Å²) in [6.07, 6.45) is -0.577. The molecule has 1 aliphatic heterocycles. The molecule has 0 bridgehead atoms. The molecule has 4 atom stereocenters. The van der Waals surface area contributed by atoms with Crippen molar-refractivity contribution < 1.29 is 23.4 Å². The van der Waals surface area contributed by atoms with E-state index in [4.69, 9.17) is 18.6 Å². The third kappa shape index (κ3) is 9.48. The standard InChI is InChI=1S/C34H53NO5Si/c1-25(27-20-16-13-17-21-27)35(23-26-18-14-12-15-19-26)28(22-30(36)39-32(2,3)4)31-29(38-34(8,9)40-31)24-37-41(10,11)33(5,6)7/h12-21,25,28-29,31H,22-24H2,1-11H3/t25-,28-,29+,31-/m1/s1. The van der Waals surface area contributed by atoms with Crippen LogP contribution in [0.2, 0.25) is 18.1 Å². The van der Waals surface area contributed by atoms with Crippen LogP contribution in [-0.4, -0.2) is 55.4 Å². The summed E-state index contributed by atoms with van der Waals surface area (Å²) in [6.45, 7) is 24.1. The van der Waals surface area contributed by atoms with E-state index in [0.29, 0.717) is 13.2 Å². The van der Waals surface area contributed by atoms with Crippen molar-refractivity contribution in [1.82, 2.24) is 4.90 Å². The average molecular weight is 584 g/mol. The molecule has 0 amide bonds. The topological polar surface area (TPSA) is 57.2 Å². The smallest absolute Gasteiger partial charge is 0.308 e. The second-order valence-corrected chi connectivity index (χ2v) is 19.1. The molecule has 2 aromatic rings. The van der Waals surface area contributed by atoms with Crippen LogP contribution in [0.3, 0.4) is 0 Å². The minimum Gasteiger partial charge on any atom is -0.460 e. The summed E-state index contributed by atoms with van der Waals surface area (Å²) in [6, 6.07) is 20.5. The van der Waals surface area contributed by atoms with E-state index in [0.717, 1.165) is 5.56 Å². The van der Waals surface area contributed by atoms with Crippen LogP contribution in [0, 0.1) is 0 Å². The molecule has 0 saturated carbocycles. The fourth-order valence-corrected chi connectivity index (χ4v) is 6.07. The second kappa shape index (κ2) is 13.1. The maximum Gasteiger partial charge on any atom is 0.308 e. The molecule has 0 aliphatic carbocycles. The second-order valence-electron chi connectivity index (χ2n) is 14.3. The Morgan fingerprint density at radius 3 is 2.05 bits per heavy atom. The van der Waals surface area contributed by atoms with Crippen molar-refractivity contribution in [2.45, 2.75) is 129 Å². The van der Waals surface area contributed by atoms with E-state index in [1.165, 1.54) is 5.56 Å². The number of benzene rings is 2. The Kier molecular flexibility index (Phi) is 10.7. The minimum atomic E-state index is -2.05. The third-order valence-electron chi connectivity index (χ3n) is 8.22. The highest BCUT2D eigenvalue weighted by atomic mass is 28.4. The van der Waals surface area contributed by atoms with E-state index < -0.39 is 25.8 Å². The Balaban J connectivity index is 2.05. The lowest BCUT2D eigenvalue weighted by atomic mass is 9.95. The number of hydrogen-bond donors (Lipinski definition) is 0. The molecule has 3 rings (SSSR count).